The van der Waals surface area contributed by atoms with Crippen LogP contribution in [0.25, 0.3) is 0 Å². The Bertz CT molecular complexity index is 595. The van der Waals surface area contributed by atoms with Gasteiger partial charge in [-0.3, -0.25) is 14.4 Å². The van der Waals surface area contributed by atoms with E-state index in [1.54, 1.807) is 12.1 Å². The van der Waals surface area contributed by atoms with Crippen LogP contribution >= 0.6 is 0 Å². The lowest BCUT2D eigenvalue weighted by atomic mass is 10.0. The van der Waals surface area contributed by atoms with Gasteiger partial charge < -0.3 is 16.0 Å². The van der Waals surface area contributed by atoms with Crippen molar-refractivity contribution in [3.63, 3.8) is 0 Å². The number of nitrogens with one attached hydrogen (secondary N) is 1. The Morgan fingerprint density at radius 3 is 2.50 bits per heavy atom. The van der Waals surface area contributed by atoms with Crippen LogP contribution < -0.4 is 11.1 Å². The predicted octanol–water partition coefficient (Wildman–Crippen LogP) is 0.830. The van der Waals surface area contributed by atoms with Crippen molar-refractivity contribution in [1.82, 2.24) is 4.90 Å². The molecule has 1 fully saturated rings. The van der Waals surface area contributed by atoms with E-state index in [2.05, 4.69) is 11.9 Å². The maximum absolute atomic E-state index is 12.0. The minimum Gasteiger partial charge on any atom is -0.368 e. The minimum atomic E-state index is -0.443. The number of carbonyl (C=O) groups is 3. The fourth-order valence-corrected chi connectivity index (χ4v) is 2.32. The van der Waals surface area contributed by atoms with E-state index in [1.807, 2.05) is 12.1 Å². The number of hydrogen-bond donors (Lipinski definition) is 2. The zero-order valence-corrected chi connectivity index (χ0v) is 12.2. The number of nitrogens with two attached hydrogens (primary N) is 1. The zero-order valence-electron chi connectivity index (χ0n) is 12.2. The first-order valence-corrected chi connectivity index (χ1v) is 7.12. The molecule has 0 saturated carbocycles. The molecule has 1 atom stereocenters. The summed E-state index contributed by atoms with van der Waals surface area (Å²) < 4.78 is 0. The number of aryl methyl sites for hydroxylation is 1. The van der Waals surface area contributed by atoms with E-state index in [4.69, 9.17) is 5.73 Å². The van der Waals surface area contributed by atoms with E-state index in [0.29, 0.717) is 31.5 Å². The van der Waals surface area contributed by atoms with Crippen LogP contribution in [-0.2, 0) is 20.8 Å². The van der Waals surface area contributed by atoms with Gasteiger partial charge in [0.25, 0.3) is 0 Å². The number of primary amides is 1. The molecule has 1 aliphatic rings. The molecule has 116 valence electrons. The first-order valence-electron chi connectivity index (χ1n) is 7.12. The van der Waals surface area contributed by atoms with Crippen molar-refractivity contribution in [1.29, 1.82) is 0 Å². The van der Waals surface area contributed by atoms with Gasteiger partial charge in [-0.05, 0) is 36.6 Å². The highest BCUT2D eigenvalue weighted by Gasteiger charge is 2.35. The molecular weight excluding hydrogens is 282 g/mol. The van der Waals surface area contributed by atoms with E-state index in [1.165, 1.54) is 11.0 Å². The summed E-state index contributed by atoms with van der Waals surface area (Å²) in [6.45, 7) is 3.98. The third kappa shape index (κ3) is 3.72. The van der Waals surface area contributed by atoms with Crippen LogP contribution in [0.1, 0.15) is 18.4 Å². The normalized spacial score (nSPS) is 16.5. The standard InChI is InChI=1S/C16H19N3O3/c1-2-14(20)18-12-6-3-11(4-7-12)5-8-15(21)19-10-9-13(19)16(17)22/h2-4,6-7,13H,1,5,8-10H2,(H2,17,22)(H,18,20). The zero-order chi connectivity index (χ0) is 16.1. The number of carbonyl (C=O) groups excluding carboxylic acids is 3. The first-order chi connectivity index (χ1) is 10.5. The monoisotopic (exact) mass is 301 g/mol. The SMILES string of the molecule is C=CC(=O)Nc1ccc(CCC(=O)N2CCC2C(N)=O)cc1. The van der Waals surface area contributed by atoms with Crippen molar-refractivity contribution in [3.05, 3.63) is 42.5 Å². The summed E-state index contributed by atoms with van der Waals surface area (Å²) in [5.74, 6) is -0.765. The molecule has 1 aliphatic heterocycles. The van der Waals surface area contributed by atoms with Gasteiger partial charge in [0.15, 0.2) is 0 Å². The summed E-state index contributed by atoms with van der Waals surface area (Å²) in [6.07, 6.45) is 2.77. The molecule has 0 spiro atoms. The summed E-state index contributed by atoms with van der Waals surface area (Å²) in [4.78, 5) is 35.8. The van der Waals surface area contributed by atoms with Gasteiger partial charge in [0.1, 0.15) is 6.04 Å². The largest absolute Gasteiger partial charge is 0.368 e. The van der Waals surface area contributed by atoms with Gasteiger partial charge in [-0.2, -0.15) is 0 Å². The Morgan fingerprint density at radius 2 is 2.00 bits per heavy atom. The summed E-state index contributed by atoms with van der Waals surface area (Å²) >= 11 is 0. The second-order valence-electron chi connectivity index (χ2n) is 5.18. The Kier molecular flexibility index (Phi) is 4.93. The average molecular weight is 301 g/mol. The maximum atomic E-state index is 12.0. The molecule has 1 heterocycles. The molecule has 2 rings (SSSR count). The summed E-state index contributed by atoms with van der Waals surface area (Å²) in [6, 6.07) is 6.82. The van der Waals surface area contributed by atoms with Gasteiger partial charge in [0.2, 0.25) is 17.7 Å². The molecule has 1 unspecified atom stereocenters. The van der Waals surface area contributed by atoms with Gasteiger partial charge in [0.05, 0.1) is 0 Å². The van der Waals surface area contributed by atoms with Gasteiger partial charge in [-0.1, -0.05) is 18.7 Å². The van der Waals surface area contributed by atoms with Gasteiger partial charge in [0, 0.05) is 18.7 Å². The number of anilines is 1. The number of rotatable bonds is 6. The fraction of sp³-hybridized carbons (Fsp3) is 0.312. The van der Waals surface area contributed by atoms with Crippen LogP contribution in [0.3, 0.4) is 0 Å². The lowest BCUT2D eigenvalue weighted by Crippen LogP contribution is -2.57. The van der Waals surface area contributed by atoms with Gasteiger partial charge >= 0.3 is 0 Å². The number of amides is 3. The van der Waals surface area contributed by atoms with Crippen LogP contribution in [0.15, 0.2) is 36.9 Å². The molecule has 1 aromatic rings. The number of nitrogens with zero attached hydrogens (tertiary/aromatic N) is 1. The Hall–Kier alpha value is -2.63. The van der Waals surface area contributed by atoms with Crippen LogP contribution in [0.4, 0.5) is 5.69 Å². The molecule has 1 aromatic carbocycles. The molecule has 3 N–H and O–H groups in total. The van der Waals surface area contributed by atoms with Crippen LogP contribution in [-0.4, -0.2) is 35.2 Å². The molecule has 0 bridgehead atoms. The molecule has 1 saturated heterocycles. The molecule has 0 aromatic heterocycles. The van der Waals surface area contributed by atoms with E-state index < -0.39 is 11.9 Å². The Morgan fingerprint density at radius 1 is 1.32 bits per heavy atom. The van der Waals surface area contributed by atoms with Gasteiger partial charge in [-0.25, -0.2) is 0 Å². The highest BCUT2D eigenvalue weighted by molar-refractivity contribution is 5.98. The van der Waals surface area contributed by atoms with Crippen molar-refractivity contribution < 1.29 is 14.4 Å². The molecule has 3 amide bonds. The predicted molar refractivity (Wildman–Crippen MR) is 82.9 cm³/mol. The summed E-state index contributed by atoms with van der Waals surface area (Å²) in [5.41, 5.74) is 6.89. The highest BCUT2D eigenvalue weighted by atomic mass is 16.2. The quantitative estimate of drug-likeness (QED) is 0.762. The second kappa shape index (κ2) is 6.89. The second-order valence-corrected chi connectivity index (χ2v) is 5.18. The Balaban J connectivity index is 1.84. The minimum absolute atomic E-state index is 0.0564. The average Bonchev–Trinajstić information content (AvgIpc) is 2.44. The lowest BCUT2D eigenvalue weighted by molar-refractivity contribution is -0.146. The van der Waals surface area contributed by atoms with E-state index in [9.17, 15) is 14.4 Å². The smallest absolute Gasteiger partial charge is 0.247 e. The van der Waals surface area contributed by atoms with Crippen LogP contribution in [0.2, 0.25) is 0 Å². The van der Waals surface area contributed by atoms with Crippen molar-refractivity contribution in [2.75, 3.05) is 11.9 Å². The van der Waals surface area contributed by atoms with Crippen molar-refractivity contribution in [2.24, 2.45) is 5.73 Å². The highest BCUT2D eigenvalue weighted by Crippen LogP contribution is 2.19. The summed E-state index contributed by atoms with van der Waals surface area (Å²) in [5, 5.41) is 2.65. The van der Waals surface area contributed by atoms with E-state index >= 15 is 0 Å². The first kappa shape index (κ1) is 15.8. The van der Waals surface area contributed by atoms with E-state index in [-0.39, 0.29) is 11.8 Å². The molecular formula is C16H19N3O3. The number of likely N-dealkylation sites (tertiary alicyclic amines) is 1. The van der Waals surface area contributed by atoms with Crippen LogP contribution in [0, 0.1) is 0 Å². The maximum Gasteiger partial charge on any atom is 0.247 e. The summed E-state index contributed by atoms with van der Waals surface area (Å²) in [7, 11) is 0. The third-order valence-electron chi connectivity index (χ3n) is 3.70. The van der Waals surface area contributed by atoms with Crippen molar-refractivity contribution >= 4 is 23.4 Å². The molecule has 22 heavy (non-hydrogen) atoms. The van der Waals surface area contributed by atoms with Crippen LogP contribution in [0.5, 0.6) is 0 Å². The third-order valence-corrected chi connectivity index (χ3v) is 3.70. The van der Waals surface area contributed by atoms with Gasteiger partial charge in [-0.15, -0.1) is 0 Å². The molecule has 6 heteroatoms. The van der Waals surface area contributed by atoms with Crippen molar-refractivity contribution in [2.45, 2.75) is 25.3 Å². The number of benzene rings is 1. The molecule has 0 aliphatic carbocycles. The lowest BCUT2D eigenvalue weighted by Gasteiger charge is -2.38. The fourth-order valence-electron chi connectivity index (χ4n) is 2.32. The molecule has 6 nitrogen and oxygen atoms in total. The molecule has 0 radical (unpaired) electrons. The topological polar surface area (TPSA) is 92.5 Å². The van der Waals surface area contributed by atoms with Crippen molar-refractivity contribution in [3.8, 4) is 0 Å². The van der Waals surface area contributed by atoms with E-state index in [0.717, 1.165) is 5.56 Å². The number of hydrogen-bond acceptors (Lipinski definition) is 3. The Labute approximate surface area is 129 Å².